The van der Waals surface area contributed by atoms with Crippen LogP contribution in [0.15, 0.2) is 36.4 Å². The predicted octanol–water partition coefficient (Wildman–Crippen LogP) is 2.66. The summed E-state index contributed by atoms with van der Waals surface area (Å²) in [6, 6.07) is 12.0. The number of anilines is 2. The van der Waals surface area contributed by atoms with Gasteiger partial charge in [-0.05, 0) is 6.42 Å². The van der Waals surface area contributed by atoms with Gasteiger partial charge in [0, 0.05) is 46.0 Å². The summed E-state index contributed by atoms with van der Waals surface area (Å²) < 4.78 is 5.09. The molecule has 0 radical (unpaired) electrons. The van der Waals surface area contributed by atoms with E-state index in [1.165, 1.54) is 0 Å². The van der Waals surface area contributed by atoms with E-state index in [4.69, 9.17) is 4.74 Å². The van der Waals surface area contributed by atoms with Gasteiger partial charge in [-0.15, -0.1) is 0 Å². The molecule has 21 heavy (non-hydrogen) atoms. The van der Waals surface area contributed by atoms with Crippen LogP contribution in [0.1, 0.15) is 6.42 Å². The molecule has 0 atom stereocenters. The standard InChI is InChI=1S/C16H22N4O/c1-17-14-12-15(20(2)10-7-11-21-3)19-16(18-14)13-8-5-4-6-9-13/h4-6,8-9,12H,7,10-11H2,1-3H3,(H,17,18,19). The highest BCUT2D eigenvalue weighted by Gasteiger charge is 2.09. The van der Waals surface area contributed by atoms with Crippen LogP contribution in [0.2, 0.25) is 0 Å². The lowest BCUT2D eigenvalue weighted by Crippen LogP contribution is -2.21. The van der Waals surface area contributed by atoms with Crippen molar-refractivity contribution in [3.8, 4) is 11.4 Å². The van der Waals surface area contributed by atoms with Crippen LogP contribution in [-0.2, 0) is 4.74 Å². The third kappa shape index (κ3) is 4.16. The lowest BCUT2D eigenvalue weighted by atomic mass is 10.2. The monoisotopic (exact) mass is 286 g/mol. The van der Waals surface area contributed by atoms with Crippen LogP contribution in [0.25, 0.3) is 11.4 Å². The number of methoxy groups -OCH3 is 1. The summed E-state index contributed by atoms with van der Waals surface area (Å²) in [5, 5.41) is 3.10. The highest BCUT2D eigenvalue weighted by molar-refractivity contribution is 5.61. The van der Waals surface area contributed by atoms with Crippen molar-refractivity contribution in [2.75, 3.05) is 44.6 Å². The van der Waals surface area contributed by atoms with E-state index in [2.05, 4.69) is 20.2 Å². The van der Waals surface area contributed by atoms with Crippen molar-refractivity contribution in [2.24, 2.45) is 0 Å². The molecule has 1 aromatic carbocycles. The van der Waals surface area contributed by atoms with Crippen LogP contribution < -0.4 is 10.2 Å². The maximum absolute atomic E-state index is 5.09. The van der Waals surface area contributed by atoms with E-state index in [1.807, 2.05) is 50.5 Å². The fourth-order valence-electron chi connectivity index (χ4n) is 2.03. The molecular weight excluding hydrogens is 264 g/mol. The highest BCUT2D eigenvalue weighted by Crippen LogP contribution is 2.21. The summed E-state index contributed by atoms with van der Waals surface area (Å²) in [7, 11) is 5.62. The van der Waals surface area contributed by atoms with Gasteiger partial charge in [0.2, 0.25) is 0 Å². The second kappa shape index (κ2) is 7.59. The molecular formula is C16H22N4O. The average Bonchev–Trinajstić information content (AvgIpc) is 2.55. The van der Waals surface area contributed by atoms with Crippen molar-refractivity contribution in [2.45, 2.75) is 6.42 Å². The molecule has 0 saturated heterocycles. The Hall–Kier alpha value is -2.14. The molecule has 5 heteroatoms. The molecule has 1 heterocycles. The maximum atomic E-state index is 5.09. The van der Waals surface area contributed by atoms with Gasteiger partial charge >= 0.3 is 0 Å². The van der Waals surface area contributed by atoms with Gasteiger partial charge in [0.1, 0.15) is 11.6 Å². The molecule has 5 nitrogen and oxygen atoms in total. The van der Waals surface area contributed by atoms with Crippen LogP contribution in [-0.4, -0.2) is 44.3 Å². The average molecular weight is 286 g/mol. The lowest BCUT2D eigenvalue weighted by molar-refractivity contribution is 0.196. The van der Waals surface area contributed by atoms with E-state index < -0.39 is 0 Å². The molecule has 0 spiro atoms. The Bertz CT molecular complexity index is 559. The highest BCUT2D eigenvalue weighted by atomic mass is 16.5. The first kappa shape index (κ1) is 15.3. The van der Waals surface area contributed by atoms with Gasteiger partial charge in [-0.25, -0.2) is 9.97 Å². The molecule has 0 aliphatic heterocycles. The van der Waals surface area contributed by atoms with Crippen LogP contribution in [0.4, 0.5) is 11.6 Å². The first-order valence-corrected chi connectivity index (χ1v) is 7.07. The maximum Gasteiger partial charge on any atom is 0.163 e. The van der Waals surface area contributed by atoms with Gasteiger partial charge in [0.05, 0.1) is 0 Å². The molecule has 0 bridgehead atoms. The van der Waals surface area contributed by atoms with Crippen LogP contribution in [0.3, 0.4) is 0 Å². The van der Waals surface area contributed by atoms with E-state index in [0.717, 1.165) is 42.6 Å². The summed E-state index contributed by atoms with van der Waals surface area (Å²) in [6.45, 7) is 1.64. The number of hydrogen-bond donors (Lipinski definition) is 1. The van der Waals surface area contributed by atoms with Crippen molar-refractivity contribution < 1.29 is 4.74 Å². The first-order chi connectivity index (χ1) is 10.2. The fraction of sp³-hybridized carbons (Fsp3) is 0.375. The predicted molar refractivity (Wildman–Crippen MR) is 86.8 cm³/mol. The number of benzene rings is 1. The van der Waals surface area contributed by atoms with Crippen LogP contribution in [0, 0.1) is 0 Å². The third-order valence-corrected chi connectivity index (χ3v) is 3.23. The van der Waals surface area contributed by atoms with Gasteiger partial charge < -0.3 is 15.0 Å². The SMILES string of the molecule is CNc1cc(N(C)CCCOC)nc(-c2ccccc2)n1. The smallest absolute Gasteiger partial charge is 0.163 e. The lowest BCUT2D eigenvalue weighted by Gasteiger charge is -2.19. The second-order valence-corrected chi connectivity index (χ2v) is 4.82. The number of ether oxygens (including phenoxy) is 1. The molecule has 0 amide bonds. The molecule has 0 unspecified atom stereocenters. The second-order valence-electron chi connectivity index (χ2n) is 4.82. The normalized spacial score (nSPS) is 10.4. The number of nitrogens with one attached hydrogen (secondary N) is 1. The minimum Gasteiger partial charge on any atom is -0.385 e. The Balaban J connectivity index is 2.25. The number of hydrogen-bond acceptors (Lipinski definition) is 5. The van der Waals surface area contributed by atoms with Crippen molar-refractivity contribution in [3.63, 3.8) is 0 Å². The Morgan fingerprint density at radius 3 is 2.62 bits per heavy atom. The van der Waals surface area contributed by atoms with E-state index in [-0.39, 0.29) is 0 Å². The van der Waals surface area contributed by atoms with E-state index in [0.29, 0.717) is 0 Å². The quantitative estimate of drug-likeness (QED) is 0.793. The number of aromatic nitrogens is 2. The molecule has 0 saturated carbocycles. The van der Waals surface area contributed by atoms with E-state index in [9.17, 15) is 0 Å². The van der Waals surface area contributed by atoms with E-state index >= 15 is 0 Å². The Morgan fingerprint density at radius 1 is 1.19 bits per heavy atom. The minimum atomic E-state index is 0.732. The summed E-state index contributed by atoms with van der Waals surface area (Å²) in [5.41, 5.74) is 1.01. The Morgan fingerprint density at radius 2 is 1.95 bits per heavy atom. The third-order valence-electron chi connectivity index (χ3n) is 3.23. The minimum absolute atomic E-state index is 0.732. The Kier molecular flexibility index (Phi) is 5.51. The van der Waals surface area contributed by atoms with Crippen LogP contribution >= 0.6 is 0 Å². The van der Waals surface area contributed by atoms with Crippen LogP contribution in [0.5, 0.6) is 0 Å². The van der Waals surface area contributed by atoms with Gasteiger partial charge in [0.25, 0.3) is 0 Å². The molecule has 0 aliphatic carbocycles. The molecule has 2 rings (SSSR count). The zero-order chi connectivity index (χ0) is 15.1. The van der Waals surface area contributed by atoms with Crippen molar-refractivity contribution in [1.82, 2.24) is 9.97 Å². The van der Waals surface area contributed by atoms with Gasteiger partial charge in [-0.1, -0.05) is 30.3 Å². The number of rotatable bonds is 7. The van der Waals surface area contributed by atoms with Crippen molar-refractivity contribution in [3.05, 3.63) is 36.4 Å². The largest absolute Gasteiger partial charge is 0.385 e. The summed E-state index contributed by atoms with van der Waals surface area (Å²) >= 11 is 0. The molecule has 2 aromatic rings. The molecule has 112 valence electrons. The molecule has 1 N–H and O–H groups in total. The first-order valence-electron chi connectivity index (χ1n) is 7.07. The van der Waals surface area contributed by atoms with Crippen molar-refractivity contribution in [1.29, 1.82) is 0 Å². The zero-order valence-electron chi connectivity index (χ0n) is 12.8. The van der Waals surface area contributed by atoms with Gasteiger partial charge in [0.15, 0.2) is 5.82 Å². The molecule has 1 aromatic heterocycles. The van der Waals surface area contributed by atoms with Gasteiger partial charge in [-0.2, -0.15) is 0 Å². The summed E-state index contributed by atoms with van der Waals surface area (Å²) in [4.78, 5) is 11.3. The Labute approximate surface area is 126 Å². The number of nitrogens with zero attached hydrogens (tertiary/aromatic N) is 3. The molecule has 0 aliphatic rings. The topological polar surface area (TPSA) is 50.3 Å². The van der Waals surface area contributed by atoms with E-state index in [1.54, 1.807) is 7.11 Å². The summed E-state index contributed by atoms with van der Waals surface area (Å²) in [6.07, 6.45) is 0.965. The summed E-state index contributed by atoms with van der Waals surface area (Å²) in [5.74, 6) is 2.46. The zero-order valence-corrected chi connectivity index (χ0v) is 12.8. The molecule has 0 fully saturated rings. The van der Waals surface area contributed by atoms with Gasteiger partial charge in [-0.3, -0.25) is 0 Å². The fourth-order valence-corrected chi connectivity index (χ4v) is 2.03. The van der Waals surface area contributed by atoms with Crippen molar-refractivity contribution >= 4 is 11.6 Å².